The van der Waals surface area contributed by atoms with Gasteiger partial charge in [-0.1, -0.05) is 0 Å². The van der Waals surface area contributed by atoms with Crippen LogP contribution in [0.4, 0.5) is 0 Å². The maximum atomic E-state index is 10.9. The fourth-order valence-corrected chi connectivity index (χ4v) is 3.65. The molecule has 100 valence electrons. The standard InChI is InChI=1S/C13H10Br2O3S/c14-10-5-9(13(16)17)6-11(15)12(10)18-3-1-8-2-4-19-7-8/h2,4-7H,1,3H2,(H,16,17). The van der Waals surface area contributed by atoms with Gasteiger partial charge in [0.15, 0.2) is 0 Å². The number of carboxylic acids is 1. The largest absolute Gasteiger partial charge is 0.491 e. The van der Waals surface area contributed by atoms with Crippen LogP contribution in [-0.4, -0.2) is 17.7 Å². The number of aromatic carboxylic acids is 1. The van der Waals surface area contributed by atoms with Crippen LogP contribution in [0.1, 0.15) is 15.9 Å². The van der Waals surface area contributed by atoms with Gasteiger partial charge in [-0.05, 0) is 66.4 Å². The average Bonchev–Trinajstić information content (AvgIpc) is 2.85. The van der Waals surface area contributed by atoms with E-state index in [-0.39, 0.29) is 5.56 Å². The van der Waals surface area contributed by atoms with Gasteiger partial charge in [0.2, 0.25) is 0 Å². The molecule has 0 aliphatic heterocycles. The van der Waals surface area contributed by atoms with Crippen LogP contribution in [0.3, 0.4) is 0 Å². The lowest BCUT2D eigenvalue weighted by atomic mass is 10.2. The summed E-state index contributed by atoms with van der Waals surface area (Å²) in [5, 5.41) is 13.1. The number of benzene rings is 1. The highest BCUT2D eigenvalue weighted by atomic mass is 79.9. The Morgan fingerprint density at radius 2 is 2.00 bits per heavy atom. The molecule has 0 atom stereocenters. The zero-order valence-corrected chi connectivity index (χ0v) is 13.7. The molecule has 0 unspecified atom stereocenters. The Balaban J connectivity index is 2.06. The number of carbonyl (C=O) groups is 1. The van der Waals surface area contributed by atoms with Gasteiger partial charge in [0.25, 0.3) is 0 Å². The van der Waals surface area contributed by atoms with E-state index in [0.29, 0.717) is 21.3 Å². The van der Waals surface area contributed by atoms with E-state index in [1.807, 2.05) is 5.38 Å². The molecule has 6 heteroatoms. The number of thiophene rings is 1. The van der Waals surface area contributed by atoms with Crippen molar-refractivity contribution < 1.29 is 14.6 Å². The van der Waals surface area contributed by atoms with Crippen molar-refractivity contribution in [3.05, 3.63) is 49.0 Å². The summed E-state index contributed by atoms with van der Waals surface area (Å²) in [7, 11) is 0. The van der Waals surface area contributed by atoms with Crippen LogP contribution in [0.2, 0.25) is 0 Å². The quantitative estimate of drug-likeness (QED) is 0.790. The third-order valence-corrected chi connectivity index (χ3v) is 4.37. The second-order valence-electron chi connectivity index (χ2n) is 3.80. The van der Waals surface area contributed by atoms with Gasteiger partial charge in [0.05, 0.1) is 21.1 Å². The highest BCUT2D eigenvalue weighted by Gasteiger charge is 2.12. The summed E-state index contributed by atoms with van der Waals surface area (Å²) in [4.78, 5) is 10.9. The van der Waals surface area contributed by atoms with E-state index in [1.54, 1.807) is 11.3 Å². The maximum Gasteiger partial charge on any atom is 0.335 e. The van der Waals surface area contributed by atoms with Crippen molar-refractivity contribution in [2.45, 2.75) is 6.42 Å². The molecule has 0 aliphatic carbocycles. The van der Waals surface area contributed by atoms with Crippen molar-refractivity contribution in [2.75, 3.05) is 6.61 Å². The molecule has 0 saturated heterocycles. The second kappa shape index (κ2) is 6.54. The summed E-state index contributed by atoms with van der Waals surface area (Å²) >= 11 is 8.32. The summed E-state index contributed by atoms with van der Waals surface area (Å²) in [5.41, 5.74) is 1.45. The van der Waals surface area contributed by atoms with Crippen molar-refractivity contribution in [2.24, 2.45) is 0 Å². The molecule has 2 aromatic rings. The Morgan fingerprint density at radius 3 is 2.53 bits per heavy atom. The highest BCUT2D eigenvalue weighted by Crippen LogP contribution is 2.34. The third-order valence-electron chi connectivity index (χ3n) is 2.46. The van der Waals surface area contributed by atoms with E-state index >= 15 is 0 Å². The SMILES string of the molecule is O=C(O)c1cc(Br)c(OCCc2ccsc2)c(Br)c1. The minimum absolute atomic E-state index is 0.212. The van der Waals surface area contributed by atoms with Crippen LogP contribution in [0.5, 0.6) is 5.75 Å². The number of hydrogen-bond donors (Lipinski definition) is 1. The molecule has 0 aliphatic rings. The molecular formula is C13H10Br2O3S. The van der Waals surface area contributed by atoms with E-state index in [1.165, 1.54) is 17.7 Å². The van der Waals surface area contributed by atoms with Gasteiger partial charge in [0.1, 0.15) is 5.75 Å². The summed E-state index contributed by atoms with van der Waals surface area (Å²) in [6.45, 7) is 0.542. The van der Waals surface area contributed by atoms with Crippen LogP contribution in [-0.2, 0) is 6.42 Å². The van der Waals surface area contributed by atoms with Gasteiger partial charge < -0.3 is 9.84 Å². The van der Waals surface area contributed by atoms with Crippen molar-refractivity contribution in [1.29, 1.82) is 0 Å². The van der Waals surface area contributed by atoms with Gasteiger partial charge in [0, 0.05) is 6.42 Å². The summed E-state index contributed by atoms with van der Waals surface area (Å²) in [6.07, 6.45) is 0.822. The Kier molecular flexibility index (Phi) is 5.01. The van der Waals surface area contributed by atoms with E-state index in [9.17, 15) is 4.79 Å². The number of carboxylic acid groups (broad SMARTS) is 1. The van der Waals surface area contributed by atoms with Gasteiger partial charge in [-0.15, -0.1) is 0 Å². The molecule has 1 N–H and O–H groups in total. The smallest absolute Gasteiger partial charge is 0.335 e. The van der Waals surface area contributed by atoms with Gasteiger partial charge in [-0.25, -0.2) is 4.79 Å². The summed E-state index contributed by atoms with van der Waals surface area (Å²) < 4.78 is 6.95. The predicted molar refractivity (Wildman–Crippen MR) is 82.3 cm³/mol. The van der Waals surface area contributed by atoms with E-state index in [4.69, 9.17) is 9.84 Å². The lowest BCUT2D eigenvalue weighted by molar-refractivity contribution is 0.0696. The van der Waals surface area contributed by atoms with E-state index in [0.717, 1.165) is 6.42 Å². The molecule has 2 rings (SSSR count). The molecule has 0 bridgehead atoms. The molecule has 0 amide bonds. The molecule has 19 heavy (non-hydrogen) atoms. The number of hydrogen-bond acceptors (Lipinski definition) is 3. The summed E-state index contributed by atoms with van der Waals surface area (Å²) in [6, 6.07) is 5.13. The number of ether oxygens (including phenoxy) is 1. The first-order valence-corrected chi connectivity index (χ1v) is 7.97. The molecule has 3 nitrogen and oxygen atoms in total. The molecule has 1 aromatic carbocycles. The second-order valence-corrected chi connectivity index (χ2v) is 6.29. The van der Waals surface area contributed by atoms with Crippen molar-refractivity contribution >= 4 is 49.2 Å². The highest BCUT2D eigenvalue weighted by molar-refractivity contribution is 9.11. The van der Waals surface area contributed by atoms with Crippen molar-refractivity contribution in [3.8, 4) is 5.75 Å². The first kappa shape index (κ1) is 14.6. The normalized spacial score (nSPS) is 10.4. The fourth-order valence-electron chi connectivity index (χ4n) is 1.53. The topological polar surface area (TPSA) is 46.5 Å². The van der Waals surface area contributed by atoms with Crippen LogP contribution < -0.4 is 4.74 Å². The summed E-state index contributed by atoms with van der Waals surface area (Å²) in [5.74, 6) is -0.341. The Morgan fingerprint density at radius 1 is 1.32 bits per heavy atom. The van der Waals surface area contributed by atoms with Gasteiger partial charge >= 0.3 is 5.97 Å². The predicted octanol–water partition coefficient (Wildman–Crippen LogP) is 4.59. The molecule has 1 aromatic heterocycles. The lowest BCUT2D eigenvalue weighted by Crippen LogP contribution is -2.03. The lowest BCUT2D eigenvalue weighted by Gasteiger charge is -2.10. The average molecular weight is 406 g/mol. The minimum Gasteiger partial charge on any atom is -0.491 e. The van der Waals surface area contributed by atoms with Crippen molar-refractivity contribution in [1.82, 2.24) is 0 Å². The van der Waals surface area contributed by atoms with E-state index < -0.39 is 5.97 Å². The number of halogens is 2. The molecule has 0 radical (unpaired) electrons. The first-order valence-electron chi connectivity index (χ1n) is 5.44. The van der Waals surface area contributed by atoms with Crippen LogP contribution in [0.25, 0.3) is 0 Å². The number of rotatable bonds is 5. The zero-order chi connectivity index (χ0) is 13.8. The van der Waals surface area contributed by atoms with E-state index in [2.05, 4.69) is 43.3 Å². The molecular weight excluding hydrogens is 396 g/mol. The first-order chi connectivity index (χ1) is 9.08. The Hall–Kier alpha value is -0.850. The maximum absolute atomic E-state index is 10.9. The molecule has 0 spiro atoms. The monoisotopic (exact) mass is 404 g/mol. The van der Waals surface area contributed by atoms with Crippen molar-refractivity contribution in [3.63, 3.8) is 0 Å². The molecule has 1 heterocycles. The van der Waals surface area contributed by atoms with Gasteiger partial charge in [-0.3, -0.25) is 0 Å². The minimum atomic E-state index is -0.966. The third kappa shape index (κ3) is 3.81. The molecule has 0 saturated carbocycles. The van der Waals surface area contributed by atoms with Gasteiger partial charge in [-0.2, -0.15) is 11.3 Å². The molecule has 0 fully saturated rings. The zero-order valence-electron chi connectivity index (χ0n) is 9.73. The van der Waals surface area contributed by atoms with Crippen LogP contribution in [0.15, 0.2) is 37.9 Å². The fraction of sp³-hybridized carbons (Fsp3) is 0.154. The van der Waals surface area contributed by atoms with Crippen LogP contribution in [0, 0.1) is 0 Å². The Labute approximate surface area is 131 Å². The Bertz CT molecular complexity index is 559. The van der Waals surface area contributed by atoms with Crippen LogP contribution >= 0.6 is 43.2 Å².